The molecule has 0 saturated heterocycles. The standard InChI is InChI=1S/C12H16ClNO3S/c1-17-7-12(14)10(11(12)18(2,15)16)8-4-3-5-9(13)6-8/h3-6,10-11H,7,14H2,1-2H3/t10-,11-,12+/m1/s1. The van der Waals surface area contributed by atoms with Crippen molar-refractivity contribution in [1.82, 2.24) is 0 Å². The minimum absolute atomic E-state index is 0.210. The lowest BCUT2D eigenvalue weighted by Gasteiger charge is -2.10. The molecule has 1 aromatic rings. The van der Waals surface area contributed by atoms with Gasteiger partial charge in [-0.1, -0.05) is 23.7 Å². The quantitative estimate of drug-likeness (QED) is 0.904. The van der Waals surface area contributed by atoms with Gasteiger partial charge in [-0.3, -0.25) is 0 Å². The molecule has 100 valence electrons. The van der Waals surface area contributed by atoms with E-state index in [1.807, 2.05) is 6.07 Å². The van der Waals surface area contributed by atoms with Crippen LogP contribution >= 0.6 is 11.6 Å². The lowest BCUT2D eigenvalue weighted by molar-refractivity contribution is 0.171. The Hall–Kier alpha value is -0.620. The molecule has 1 aromatic carbocycles. The molecule has 3 atom stereocenters. The Balaban J connectivity index is 2.39. The molecule has 0 radical (unpaired) electrons. The minimum atomic E-state index is -3.22. The Morgan fingerprint density at radius 3 is 2.67 bits per heavy atom. The van der Waals surface area contributed by atoms with Crippen molar-refractivity contribution in [2.45, 2.75) is 16.7 Å². The Labute approximate surface area is 112 Å². The van der Waals surface area contributed by atoms with Gasteiger partial charge in [-0.2, -0.15) is 0 Å². The molecule has 1 fully saturated rings. The molecule has 0 amide bonds. The number of hydrogen-bond acceptors (Lipinski definition) is 4. The molecule has 0 unspecified atom stereocenters. The molecular weight excluding hydrogens is 274 g/mol. The van der Waals surface area contributed by atoms with Gasteiger partial charge in [-0.25, -0.2) is 8.42 Å². The van der Waals surface area contributed by atoms with E-state index in [4.69, 9.17) is 22.1 Å². The maximum atomic E-state index is 11.8. The third-order valence-electron chi connectivity index (χ3n) is 3.37. The Morgan fingerprint density at radius 1 is 1.50 bits per heavy atom. The van der Waals surface area contributed by atoms with E-state index in [1.54, 1.807) is 18.2 Å². The van der Waals surface area contributed by atoms with Crippen LogP contribution in [0, 0.1) is 0 Å². The summed E-state index contributed by atoms with van der Waals surface area (Å²) in [5.74, 6) is -0.258. The molecule has 0 spiro atoms. The first kappa shape index (κ1) is 13.8. The Bertz CT molecular complexity index is 560. The number of hydrogen-bond donors (Lipinski definition) is 1. The molecule has 1 aliphatic carbocycles. The van der Waals surface area contributed by atoms with Crippen molar-refractivity contribution in [2.75, 3.05) is 20.0 Å². The number of halogens is 1. The van der Waals surface area contributed by atoms with Gasteiger partial charge in [-0.15, -0.1) is 0 Å². The molecule has 2 N–H and O–H groups in total. The second-order valence-electron chi connectivity index (χ2n) is 4.83. The number of ether oxygens (including phenoxy) is 1. The third kappa shape index (κ3) is 2.28. The highest BCUT2D eigenvalue weighted by Gasteiger charge is 2.67. The summed E-state index contributed by atoms with van der Waals surface area (Å²) in [7, 11) is -1.70. The van der Waals surface area contributed by atoms with Gasteiger partial charge in [-0.05, 0) is 17.7 Å². The SMILES string of the molecule is COC[C@]1(N)[C@H](c2cccc(Cl)c2)[C@H]1S(C)(=O)=O. The summed E-state index contributed by atoms with van der Waals surface area (Å²) in [5.41, 5.74) is 6.16. The minimum Gasteiger partial charge on any atom is -0.383 e. The monoisotopic (exact) mass is 289 g/mol. The highest BCUT2D eigenvalue weighted by Crippen LogP contribution is 2.54. The van der Waals surface area contributed by atoms with Gasteiger partial charge in [0, 0.05) is 24.3 Å². The fourth-order valence-electron chi connectivity index (χ4n) is 2.68. The summed E-state index contributed by atoms with van der Waals surface area (Å²) in [5, 5.41) is -0.0326. The second kappa shape index (κ2) is 4.49. The smallest absolute Gasteiger partial charge is 0.152 e. The van der Waals surface area contributed by atoms with Crippen LogP contribution in [0.5, 0.6) is 0 Å². The molecule has 0 heterocycles. The number of benzene rings is 1. The van der Waals surface area contributed by atoms with Gasteiger partial charge >= 0.3 is 0 Å². The van der Waals surface area contributed by atoms with Crippen LogP contribution in [0.15, 0.2) is 24.3 Å². The Kier molecular flexibility index (Phi) is 3.44. The maximum absolute atomic E-state index is 11.8. The van der Waals surface area contributed by atoms with Gasteiger partial charge in [0.1, 0.15) is 0 Å². The molecule has 1 saturated carbocycles. The van der Waals surface area contributed by atoms with E-state index in [0.717, 1.165) is 5.56 Å². The van der Waals surface area contributed by atoms with Gasteiger partial charge < -0.3 is 10.5 Å². The highest BCUT2D eigenvalue weighted by atomic mass is 35.5. The van der Waals surface area contributed by atoms with Crippen molar-refractivity contribution in [3.05, 3.63) is 34.9 Å². The van der Waals surface area contributed by atoms with Crippen molar-refractivity contribution < 1.29 is 13.2 Å². The zero-order valence-electron chi connectivity index (χ0n) is 10.3. The van der Waals surface area contributed by atoms with Crippen molar-refractivity contribution in [3.63, 3.8) is 0 Å². The highest BCUT2D eigenvalue weighted by molar-refractivity contribution is 7.91. The van der Waals surface area contributed by atoms with Crippen LogP contribution in [-0.2, 0) is 14.6 Å². The van der Waals surface area contributed by atoms with Crippen LogP contribution < -0.4 is 5.73 Å². The zero-order valence-corrected chi connectivity index (χ0v) is 11.8. The average Bonchev–Trinajstić information content (AvgIpc) is 2.85. The van der Waals surface area contributed by atoms with E-state index in [2.05, 4.69) is 0 Å². The van der Waals surface area contributed by atoms with Crippen LogP contribution in [0.3, 0.4) is 0 Å². The zero-order chi connectivity index (χ0) is 13.6. The lowest BCUT2D eigenvalue weighted by Crippen LogP contribution is -2.35. The van der Waals surface area contributed by atoms with Crippen molar-refractivity contribution in [2.24, 2.45) is 5.73 Å². The number of sulfone groups is 1. The summed E-state index contributed by atoms with van der Waals surface area (Å²) in [6, 6.07) is 7.15. The molecular formula is C12H16ClNO3S. The second-order valence-corrected chi connectivity index (χ2v) is 7.43. The predicted octanol–water partition coefficient (Wildman–Crippen LogP) is 1.19. The van der Waals surface area contributed by atoms with E-state index in [0.29, 0.717) is 5.02 Å². The lowest BCUT2D eigenvalue weighted by atomic mass is 10.1. The fourth-order valence-corrected chi connectivity index (χ4v) is 4.71. The maximum Gasteiger partial charge on any atom is 0.152 e. The fraction of sp³-hybridized carbons (Fsp3) is 0.500. The number of nitrogens with two attached hydrogens (primary N) is 1. The van der Waals surface area contributed by atoms with Crippen LogP contribution in [0.2, 0.25) is 5.02 Å². The predicted molar refractivity (Wildman–Crippen MR) is 71.6 cm³/mol. The van der Waals surface area contributed by atoms with Crippen molar-refractivity contribution in [3.8, 4) is 0 Å². The molecule has 6 heteroatoms. The molecule has 1 aliphatic rings. The van der Waals surface area contributed by atoms with E-state index >= 15 is 0 Å². The summed E-state index contributed by atoms with van der Waals surface area (Å²) >= 11 is 5.93. The Morgan fingerprint density at radius 2 is 2.17 bits per heavy atom. The molecule has 0 bridgehead atoms. The van der Waals surface area contributed by atoms with Gasteiger partial charge in [0.25, 0.3) is 0 Å². The summed E-state index contributed by atoms with van der Waals surface area (Å²) < 4.78 is 28.6. The first-order valence-corrected chi connectivity index (χ1v) is 7.86. The molecule has 2 rings (SSSR count). The van der Waals surface area contributed by atoms with Crippen molar-refractivity contribution in [1.29, 1.82) is 0 Å². The number of methoxy groups -OCH3 is 1. The van der Waals surface area contributed by atoms with Gasteiger partial charge in [0.15, 0.2) is 9.84 Å². The molecule has 18 heavy (non-hydrogen) atoms. The summed E-state index contributed by atoms with van der Waals surface area (Å²) in [6.07, 6.45) is 1.21. The van der Waals surface area contributed by atoms with Gasteiger partial charge in [0.05, 0.1) is 17.4 Å². The van der Waals surface area contributed by atoms with Crippen LogP contribution in [-0.4, -0.2) is 39.2 Å². The van der Waals surface area contributed by atoms with E-state index in [-0.39, 0.29) is 12.5 Å². The van der Waals surface area contributed by atoms with Crippen LogP contribution in [0.25, 0.3) is 0 Å². The van der Waals surface area contributed by atoms with E-state index in [1.165, 1.54) is 13.4 Å². The summed E-state index contributed by atoms with van der Waals surface area (Å²) in [6.45, 7) is 0.210. The molecule has 0 aromatic heterocycles. The van der Waals surface area contributed by atoms with Crippen LogP contribution in [0.4, 0.5) is 0 Å². The molecule has 0 aliphatic heterocycles. The van der Waals surface area contributed by atoms with Crippen LogP contribution in [0.1, 0.15) is 11.5 Å². The largest absolute Gasteiger partial charge is 0.383 e. The van der Waals surface area contributed by atoms with E-state index < -0.39 is 20.6 Å². The topological polar surface area (TPSA) is 69.4 Å². The third-order valence-corrected chi connectivity index (χ3v) is 5.23. The number of rotatable bonds is 4. The summed E-state index contributed by atoms with van der Waals surface area (Å²) in [4.78, 5) is 0. The average molecular weight is 290 g/mol. The normalized spacial score (nSPS) is 31.3. The van der Waals surface area contributed by atoms with E-state index in [9.17, 15) is 8.42 Å². The first-order valence-electron chi connectivity index (χ1n) is 5.53. The van der Waals surface area contributed by atoms with Gasteiger partial charge in [0.2, 0.25) is 0 Å². The van der Waals surface area contributed by atoms with Crippen molar-refractivity contribution >= 4 is 21.4 Å². The molecule has 4 nitrogen and oxygen atoms in total. The first-order chi connectivity index (χ1) is 8.30.